The van der Waals surface area contributed by atoms with Gasteiger partial charge in [-0.25, -0.2) is 8.98 Å². The van der Waals surface area contributed by atoms with E-state index in [2.05, 4.69) is 21.0 Å². The fraction of sp³-hybridized carbons (Fsp3) is 0.222. The Labute approximate surface area is 104 Å². The van der Waals surface area contributed by atoms with Crippen LogP contribution in [0.5, 0.6) is 5.75 Å². The van der Waals surface area contributed by atoms with Crippen LogP contribution in [0.25, 0.3) is 0 Å². The second-order valence-electron chi connectivity index (χ2n) is 2.84. The molecule has 94 valence electrons. The molecule has 0 saturated carbocycles. The van der Waals surface area contributed by atoms with Gasteiger partial charge in [-0.05, 0) is 12.1 Å². The van der Waals surface area contributed by atoms with Crippen LogP contribution >= 0.6 is 12.6 Å². The van der Waals surface area contributed by atoms with Gasteiger partial charge in [0.25, 0.3) is 0 Å². The lowest BCUT2D eigenvalue weighted by molar-refractivity contribution is 0.0695. The van der Waals surface area contributed by atoms with Gasteiger partial charge in [-0.15, -0.1) is 0 Å². The molecule has 0 aliphatic rings. The van der Waals surface area contributed by atoms with E-state index in [1.165, 1.54) is 24.3 Å². The van der Waals surface area contributed by atoms with E-state index >= 15 is 0 Å². The summed E-state index contributed by atoms with van der Waals surface area (Å²) in [6, 6.07) is 5.37. The number of aromatic carboxylic acids is 1. The molecule has 0 fully saturated rings. The number of carboxylic acids is 1. The summed E-state index contributed by atoms with van der Waals surface area (Å²) in [5, 5.41) is 8.81. The van der Waals surface area contributed by atoms with Crippen molar-refractivity contribution in [3.05, 3.63) is 29.8 Å². The Morgan fingerprint density at radius 2 is 2.00 bits per heavy atom. The first-order valence-electron chi connectivity index (χ1n) is 4.48. The molecule has 0 saturated heterocycles. The molecule has 17 heavy (non-hydrogen) atoms. The van der Waals surface area contributed by atoms with Crippen molar-refractivity contribution < 1.29 is 26.7 Å². The molecule has 0 aliphatic carbocycles. The predicted octanol–water partition coefficient (Wildman–Crippen LogP) is 0.955. The Morgan fingerprint density at radius 1 is 1.35 bits per heavy atom. The summed E-state index contributed by atoms with van der Waals surface area (Å²) in [4.78, 5) is 10.8. The van der Waals surface area contributed by atoms with E-state index in [4.69, 9.17) is 5.11 Å². The zero-order valence-electron chi connectivity index (χ0n) is 8.57. The van der Waals surface area contributed by atoms with Gasteiger partial charge >= 0.3 is 16.4 Å². The van der Waals surface area contributed by atoms with Crippen molar-refractivity contribution in [1.82, 2.24) is 0 Å². The Kier molecular flexibility index (Phi) is 4.79. The third-order valence-corrected chi connectivity index (χ3v) is 2.65. The SMILES string of the molecule is O=C(O)c1ccccc1OS(=O)(=O)OCCS. The number of benzene rings is 1. The second-order valence-corrected chi connectivity index (χ2v) is 4.50. The summed E-state index contributed by atoms with van der Waals surface area (Å²) in [7, 11) is -4.27. The van der Waals surface area contributed by atoms with Crippen LogP contribution in [0.3, 0.4) is 0 Å². The Hall–Kier alpha value is -1.25. The van der Waals surface area contributed by atoms with E-state index in [9.17, 15) is 13.2 Å². The van der Waals surface area contributed by atoms with Crippen LogP contribution in [-0.2, 0) is 14.6 Å². The molecule has 0 aromatic heterocycles. The molecule has 0 aliphatic heterocycles. The van der Waals surface area contributed by atoms with Crippen LogP contribution in [-0.4, -0.2) is 31.9 Å². The first-order chi connectivity index (χ1) is 7.96. The third kappa shape index (κ3) is 4.25. The molecular formula is C9H10O6S2. The van der Waals surface area contributed by atoms with Gasteiger partial charge in [-0.2, -0.15) is 21.0 Å². The molecule has 0 spiro atoms. The zero-order chi connectivity index (χ0) is 12.9. The van der Waals surface area contributed by atoms with Gasteiger partial charge in [-0.3, -0.25) is 0 Å². The second kappa shape index (κ2) is 5.89. The number of thiol groups is 1. The van der Waals surface area contributed by atoms with Gasteiger partial charge in [0.15, 0.2) is 5.75 Å². The maximum Gasteiger partial charge on any atom is 0.449 e. The Bertz CT molecular complexity index is 496. The average Bonchev–Trinajstić information content (AvgIpc) is 2.26. The Balaban J connectivity index is 2.92. The molecule has 0 amide bonds. The largest absolute Gasteiger partial charge is 0.478 e. The van der Waals surface area contributed by atoms with Gasteiger partial charge in [0.2, 0.25) is 0 Å². The van der Waals surface area contributed by atoms with Crippen LogP contribution in [0.1, 0.15) is 10.4 Å². The number of para-hydroxylation sites is 1. The first-order valence-corrected chi connectivity index (χ1v) is 6.45. The summed E-state index contributed by atoms with van der Waals surface area (Å²) in [5.41, 5.74) is -0.259. The van der Waals surface area contributed by atoms with Crippen molar-refractivity contribution in [3.8, 4) is 5.75 Å². The fourth-order valence-electron chi connectivity index (χ4n) is 0.989. The van der Waals surface area contributed by atoms with Gasteiger partial charge in [0.05, 0.1) is 6.61 Å². The van der Waals surface area contributed by atoms with Crippen LogP contribution in [0.2, 0.25) is 0 Å². The van der Waals surface area contributed by atoms with Crippen molar-refractivity contribution >= 4 is 29.0 Å². The lowest BCUT2D eigenvalue weighted by Crippen LogP contribution is -2.16. The van der Waals surface area contributed by atoms with Crippen LogP contribution in [0.4, 0.5) is 0 Å². The normalized spacial score (nSPS) is 11.1. The van der Waals surface area contributed by atoms with E-state index in [0.717, 1.165) is 0 Å². The molecule has 1 aromatic rings. The molecule has 8 heteroatoms. The molecule has 1 N–H and O–H groups in total. The highest BCUT2D eigenvalue weighted by molar-refractivity contribution is 7.82. The first kappa shape index (κ1) is 13.8. The average molecular weight is 278 g/mol. The summed E-state index contributed by atoms with van der Waals surface area (Å²) >= 11 is 3.77. The molecule has 0 radical (unpaired) electrons. The quantitative estimate of drug-likeness (QED) is 0.753. The van der Waals surface area contributed by atoms with Gasteiger partial charge < -0.3 is 9.29 Å². The minimum Gasteiger partial charge on any atom is -0.478 e. The maximum absolute atomic E-state index is 11.3. The maximum atomic E-state index is 11.3. The number of carboxylic acid groups (broad SMARTS) is 1. The molecule has 1 aromatic carbocycles. The smallest absolute Gasteiger partial charge is 0.449 e. The molecule has 1 rings (SSSR count). The van der Waals surface area contributed by atoms with Crippen molar-refractivity contribution in [1.29, 1.82) is 0 Å². The number of rotatable bonds is 6. The highest BCUT2D eigenvalue weighted by atomic mass is 32.3. The van der Waals surface area contributed by atoms with Gasteiger partial charge in [0.1, 0.15) is 5.56 Å². The van der Waals surface area contributed by atoms with Crippen molar-refractivity contribution in [2.75, 3.05) is 12.4 Å². The van der Waals surface area contributed by atoms with E-state index in [1.54, 1.807) is 0 Å². The van der Waals surface area contributed by atoms with Crippen molar-refractivity contribution in [3.63, 3.8) is 0 Å². The molecular weight excluding hydrogens is 268 g/mol. The predicted molar refractivity (Wildman–Crippen MR) is 62.8 cm³/mol. The van der Waals surface area contributed by atoms with Crippen LogP contribution < -0.4 is 4.18 Å². The molecule has 0 bridgehead atoms. The summed E-state index contributed by atoms with van der Waals surface area (Å²) in [6.07, 6.45) is 0. The van der Waals surface area contributed by atoms with E-state index in [-0.39, 0.29) is 23.7 Å². The number of hydrogen-bond donors (Lipinski definition) is 2. The minimum absolute atomic E-state index is 0.152. The van der Waals surface area contributed by atoms with E-state index in [0.29, 0.717) is 0 Å². The molecule has 0 unspecified atom stereocenters. The standard InChI is InChI=1S/C9H10O6S2/c10-9(11)7-3-1-2-4-8(7)15-17(12,13)14-5-6-16/h1-4,16H,5-6H2,(H,10,11). The van der Waals surface area contributed by atoms with E-state index < -0.39 is 16.4 Å². The van der Waals surface area contributed by atoms with E-state index in [1.807, 2.05) is 0 Å². The monoisotopic (exact) mass is 278 g/mol. The lowest BCUT2D eigenvalue weighted by atomic mass is 10.2. The summed E-state index contributed by atoms with van der Waals surface area (Å²) < 4.78 is 31.5. The summed E-state index contributed by atoms with van der Waals surface area (Å²) in [5.74, 6) is -1.38. The zero-order valence-corrected chi connectivity index (χ0v) is 10.3. The third-order valence-electron chi connectivity index (χ3n) is 1.63. The molecule has 6 nitrogen and oxygen atoms in total. The number of carbonyl (C=O) groups is 1. The van der Waals surface area contributed by atoms with Crippen LogP contribution in [0, 0.1) is 0 Å². The van der Waals surface area contributed by atoms with Gasteiger partial charge in [0, 0.05) is 5.75 Å². The molecule has 0 atom stereocenters. The molecule has 0 heterocycles. The highest BCUT2D eigenvalue weighted by Crippen LogP contribution is 2.20. The number of hydrogen-bond acceptors (Lipinski definition) is 6. The van der Waals surface area contributed by atoms with Crippen LogP contribution in [0.15, 0.2) is 24.3 Å². The Morgan fingerprint density at radius 3 is 2.59 bits per heavy atom. The topological polar surface area (TPSA) is 89.9 Å². The highest BCUT2D eigenvalue weighted by Gasteiger charge is 2.18. The van der Waals surface area contributed by atoms with Gasteiger partial charge in [-0.1, -0.05) is 12.1 Å². The lowest BCUT2D eigenvalue weighted by Gasteiger charge is -2.08. The summed E-state index contributed by atoms with van der Waals surface area (Å²) in [6.45, 7) is -0.152. The van der Waals surface area contributed by atoms with Crippen molar-refractivity contribution in [2.45, 2.75) is 0 Å². The van der Waals surface area contributed by atoms with Crippen molar-refractivity contribution in [2.24, 2.45) is 0 Å². The minimum atomic E-state index is -4.27. The fourth-order valence-corrected chi connectivity index (χ4v) is 1.90.